The number of thiazole rings is 1. The van der Waals surface area contributed by atoms with Crippen molar-refractivity contribution in [2.24, 2.45) is 5.92 Å². The van der Waals surface area contributed by atoms with Crippen molar-refractivity contribution in [3.63, 3.8) is 0 Å². The van der Waals surface area contributed by atoms with Crippen LogP contribution in [0, 0.1) is 5.92 Å². The zero-order valence-electron chi connectivity index (χ0n) is 13.4. The minimum atomic E-state index is -0.202. The molecule has 2 aromatic rings. The summed E-state index contributed by atoms with van der Waals surface area (Å²) in [5, 5.41) is 15.0. The molecule has 1 fully saturated rings. The molecule has 25 heavy (non-hydrogen) atoms. The summed E-state index contributed by atoms with van der Waals surface area (Å²) in [5.41, 5.74) is 1.57. The molecule has 0 radical (unpaired) electrons. The fourth-order valence-corrected chi connectivity index (χ4v) is 4.13. The van der Waals surface area contributed by atoms with E-state index in [2.05, 4.69) is 10.3 Å². The van der Waals surface area contributed by atoms with Crippen molar-refractivity contribution >= 4 is 34.0 Å². The number of nitrogens with one attached hydrogen (secondary N) is 1. The van der Waals surface area contributed by atoms with Gasteiger partial charge in [0.25, 0.3) is 0 Å². The summed E-state index contributed by atoms with van der Waals surface area (Å²) in [4.78, 5) is 17.0. The predicted octanol–water partition coefficient (Wildman–Crippen LogP) is 5.23. The van der Waals surface area contributed by atoms with Gasteiger partial charge in [-0.25, -0.2) is 4.98 Å². The van der Waals surface area contributed by atoms with Gasteiger partial charge in [-0.2, -0.15) is 0 Å². The topological polar surface area (TPSA) is 62.2 Å². The molecule has 0 spiro atoms. The summed E-state index contributed by atoms with van der Waals surface area (Å²) in [6, 6.07) is 7.53. The van der Waals surface area contributed by atoms with E-state index in [4.69, 9.17) is 16.7 Å². The first-order valence-electron chi connectivity index (χ1n) is 8.27. The number of hydrogen-bond donors (Lipinski definition) is 2. The number of carbonyl (C=O) groups is 1. The molecule has 4 nitrogen and oxygen atoms in total. The Hall–Kier alpha value is -1.43. The second kappa shape index (κ2) is 9.32. The maximum Gasteiger partial charge on any atom is 0.233 e. The maximum atomic E-state index is 12.8. The van der Waals surface area contributed by atoms with Crippen molar-refractivity contribution in [3.8, 4) is 0 Å². The maximum absolute atomic E-state index is 12.8. The van der Waals surface area contributed by atoms with E-state index in [9.17, 15) is 4.79 Å². The summed E-state index contributed by atoms with van der Waals surface area (Å²) >= 11 is 7.32. The fraction of sp³-hybridized carbons (Fsp3) is 0.474. The molecule has 3 rings (SSSR count). The van der Waals surface area contributed by atoms with Crippen LogP contribution >= 0.6 is 22.9 Å². The number of aromatic nitrogens is 1. The SMILES string of the molecule is C.O=C(Nc1nc(CO)cs1)C(CC1CCCC1)c1ccc(Cl)cc1. The van der Waals surface area contributed by atoms with Gasteiger partial charge in [-0.3, -0.25) is 4.79 Å². The van der Waals surface area contributed by atoms with Crippen LogP contribution in [-0.2, 0) is 11.4 Å². The van der Waals surface area contributed by atoms with Gasteiger partial charge in [0.05, 0.1) is 18.2 Å². The number of halogens is 1. The highest BCUT2D eigenvalue weighted by Gasteiger charge is 2.27. The van der Waals surface area contributed by atoms with Crippen LogP contribution in [0.4, 0.5) is 5.13 Å². The highest BCUT2D eigenvalue weighted by atomic mass is 35.5. The van der Waals surface area contributed by atoms with Gasteiger partial charge in [0.2, 0.25) is 5.91 Å². The summed E-state index contributed by atoms with van der Waals surface area (Å²) in [6.45, 7) is -0.116. The third-order valence-corrected chi connectivity index (χ3v) is 5.64. The van der Waals surface area contributed by atoms with Gasteiger partial charge in [0.15, 0.2) is 5.13 Å². The van der Waals surface area contributed by atoms with Crippen LogP contribution in [0.15, 0.2) is 29.6 Å². The molecule has 1 aliphatic rings. The normalized spacial score (nSPS) is 15.6. The van der Waals surface area contributed by atoms with E-state index in [0.29, 0.717) is 21.8 Å². The van der Waals surface area contributed by atoms with Crippen molar-refractivity contribution in [3.05, 3.63) is 45.9 Å². The van der Waals surface area contributed by atoms with Crippen molar-refractivity contribution in [1.29, 1.82) is 0 Å². The lowest BCUT2D eigenvalue weighted by Crippen LogP contribution is -2.23. The number of nitrogens with zero attached hydrogens (tertiary/aromatic N) is 1. The molecule has 1 aromatic heterocycles. The van der Waals surface area contributed by atoms with E-state index in [1.165, 1.54) is 37.0 Å². The summed E-state index contributed by atoms with van der Waals surface area (Å²) in [5.74, 6) is 0.357. The number of aliphatic hydroxyl groups is 1. The number of rotatable bonds is 6. The molecular formula is C19H25ClN2O2S. The minimum absolute atomic E-state index is 0. The van der Waals surface area contributed by atoms with Crippen LogP contribution in [0.5, 0.6) is 0 Å². The van der Waals surface area contributed by atoms with Gasteiger partial charge in [-0.1, -0.05) is 56.8 Å². The second-order valence-electron chi connectivity index (χ2n) is 6.28. The largest absolute Gasteiger partial charge is 0.390 e. The Bertz CT molecular complexity index is 681. The predicted molar refractivity (Wildman–Crippen MR) is 104 cm³/mol. The smallest absolute Gasteiger partial charge is 0.233 e. The average molecular weight is 381 g/mol. The van der Waals surface area contributed by atoms with Gasteiger partial charge in [-0.15, -0.1) is 11.3 Å². The molecule has 0 saturated heterocycles. The molecule has 1 heterocycles. The number of benzene rings is 1. The van der Waals surface area contributed by atoms with E-state index in [1.807, 2.05) is 24.3 Å². The van der Waals surface area contributed by atoms with Crippen molar-refractivity contribution < 1.29 is 9.90 Å². The van der Waals surface area contributed by atoms with E-state index in [0.717, 1.165) is 12.0 Å². The molecule has 1 saturated carbocycles. The van der Waals surface area contributed by atoms with E-state index >= 15 is 0 Å². The Morgan fingerprint density at radius 2 is 2.00 bits per heavy atom. The van der Waals surface area contributed by atoms with Crippen molar-refractivity contribution in [1.82, 2.24) is 4.98 Å². The van der Waals surface area contributed by atoms with Crippen molar-refractivity contribution in [2.75, 3.05) is 5.32 Å². The van der Waals surface area contributed by atoms with Crippen LogP contribution in [0.1, 0.15) is 56.7 Å². The third kappa shape index (κ3) is 5.27. The molecule has 136 valence electrons. The van der Waals surface area contributed by atoms with E-state index in [-0.39, 0.29) is 25.9 Å². The molecular weight excluding hydrogens is 356 g/mol. The Balaban J connectivity index is 0.00000225. The van der Waals surface area contributed by atoms with Gasteiger partial charge in [0.1, 0.15) is 0 Å². The molecule has 1 atom stereocenters. The number of amides is 1. The van der Waals surface area contributed by atoms with Gasteiger partial charge in [-0.05, 0) is 30.0 Å². The Labute approximate surface area is 158 Å². The highest BCUT2D eigenvalue weighted by Crippen LogP contribution is 2.35. The molecule has 2 N–H and O–H groups in total. The number of hydrogen-bond acceptors (Lipinski definition) is 4. The van der Waals surface area contributed by atoms with Gasteiger partial charge < -0.3 is 10.4 Å². The Morgan fingerprint density at radius 3 is 2.60 bits per heavy atom. The van der Waals surface area contributed by atoms with Crippen LogP contribution < -0.4 is 5.32 Å². The molecule has 1 amide bonds. The first-order valence-corrected chi connectivity index (χ1v) is 9.53. The first kappa shape index (κ1) is 19.9. The standard InChI is InChI=1S/C18H21ClN2O2S.CH4/c19-14-7-5-13(6-8-14)16(9-12-3-1-2-4-12)17(23)21-18-20-15(10-22)11-24-18;/h5-8,11-12,16,22H,1-4,9-10H2,(H,20,21,23);1H4. The zero-order chi connectivity index (χ0) is 16.9. The summed E-state index contributed by atoms with van der Waals surface area (Å²) < 4.78 is 0. The van der Waals surface area contributed by atoms with Crippen LogP contribution in [-0.4, -0.2) is 16.0 Å². The number of anilines is 1. The fourth-order valence-electron chi connectivity index (χ4n) is 3.30. The van der Waals surface area contributed by atoms with Crippen LogP contribution in [0.25, 0.3) is 0 Å². The van der Waals surface area contributed by atoms with Crippen LogP contribution in [0.3, 0.4) is 0 Å². The lowest BCUT2D eigenvalue weighted by atomic mass is 9.87. The molecule has 6 heteroatoms. The summed E-state index contributed by atoms with van der Waals surface area (Å²) in [7, 11) is 0. The highest BCUT2D eigenvalue weighted by molar-refractivity contribution is 7.13. The molecule has 0 bridgehead atoms. The molecule has 1 unspecified atom stereocenters. The lowest BCUT2D eigenvalue weighted by molar-refractivity contribution is -0.118. The second-order valence-corrected chi connectivity index (χ2v) is 7.58. The van der Waals surface area contributed by atoms with E-state index in [1.54, 1.807) is 5.38 Å². The average Bonchev–Trinajstić information content (AvgIpc) is 3.25. The molecule has 1 aromatic carbocycles. The quantitative estimate of drug-likeness (QED) is 0.721. The third-order valence-electron chi connectivity index (χ3n) is 4.58. The first-order chi connectivity index (χ1) is 11.7. The molecule has 0 aliphatic heterocycles. The number of carbonyl (C=O) groups excluding carboxylic acids is 1. The van der Waals surface area contributed by atoms with Crippen LogP contribution in [0.2, 0.25) is 5.02 Å². The van der Waals surface area contributed by atoms with Gasteiger partial charge in [0, 0.05) is 10.4 Å². The molecule has 1 aliphatic carbocycles. The Kier molecular flexibility index (Phi) is 7.41. The van der Waals surface area contributed by atoms with Gasteiger partial charge >= 0.3 is 0 Å². The number of aliphatic hydroxyl groups excluding tert-OH is 1. The lowest BCUT2D eigenvalue weighted by Gasteiger charge is -2.20. The van der Waals surface area contributed by atoms with Crippen molar-refractivity contribution in [2.45, 2.75) is 52.1 Å². The zero-order valence-corrected chi connectivity index (χ0v) is 14.9. The minimum Gasteiger partial charge on any atom is -0.390 e. The van der Waals surface area contributed by atoms with E-state index < -0.39 is 0 Å². The monoisotopic (exact) mass is 380 g/mol. The summed E-state index contributed by atoms with van der Waals surface area (Å²) in [6.07, 6.45) is 5.76. The Morgan fingerprint density at radius 1 is 1.32 bits per heavy atom.